The van der Waals surface area contributed by atoms with Gasteiger partial charge in [0, 0.05) is 12.2 Å². The summed E-state index contributed by atoms with van der Waals surface area (Å²) in [4.78, 5) is 15.4. The van der Waals surface area contributed by atoms with Crippen molar-refractivity contribution in [1.29, 1.82) is 0 Å². The summed E-state index contributed by atoms with van der Waals surface area (Å²) in [6.45, 7) is 4.34. The summed E-state index contributed by atoms with van der Waals surface area (Å²) in [6.07, 6.45) is 4.44. The predicted molar refractivity (Wildman–Crippen MR) is 105 cm³/mol. The molecule has 1 saturated carbocycles. The van der Waals surface area contributed by atoms with Crippen LogP contribution in [0.2, 0.25) is 0 Å². The lowest BCUT2D eigenvalue weighted by molar-refractivity contribution is -0.142. The molecule has 6 nitrogen and oxygen atoms in total. The van der Waals surface area contributed by atoms with Gasteiger partial charge in [-0.3, -0.25) is 4.79 Å². The van der Waals surface area contributed by atoms with E-state index in [9.17, 15) is 9.18 Å². The Morgan fingerprint density at radius 1 is 1.28 bits per heavy atom. The normalized spacial score (nSPS) is 20.5. The van der Waals surface area contributed by atoms with Crippen LogP contribution in [-0.4, -0.2) is 34.9 Å². The molecule has 1 N–H and O–H groups in total. The maximum atomic E-state index is 13.1. The van der Waals surface area contributed by atoms with Crippen molar-refractivity contribution < 1.29 is 28.2 Å². The van der Waals surface area contributed by atoms with Crippen LogP contribution < -0.4 is 0 Å². The number of rotatable bonds is 9. The van der Waals surface area contributed by atoms with E-state index in [0.717, 1.165) is 36.9 Å². The minimum absolute atomic E-state index is 0.0796. The first kappa shape index (κ1) is 21.5. The fraction of sp³-hybridized carbons (Fsp3) is 0.545. The summed E-state index contributed by atoms with van der Waals surface area (Å²) in [7, 11) is 0. The van der Waals surface area contributed by atoms with Crippen LogP contribution in [0.3, 0.4) is 0 Å². The molecule has 0 saturated heterocycles. The third kappa shape index (κ3) is 6.11. The number of hydrogen-bond acceptors (Lipinski definition) is 5. The molecule has 0 amide bonds. The van der Waals surface area contributed by atoms with Gasteiger partial charge in [0.2, 0.25) is 5.89 Å². The molecule has 0 radical (unpaired) electrons. The zero-order valence-electron chi connectivity index (χ0n) is 16.9. The van der Waals surface area contributed by atoms with Gasteiger partial charge in [0.25, 0.3) is 0 Å². The third-order valence-electron chi connectivity index (χ3n) is 5.34. The van der Waals surface area contributed by atoms with Crippen LogP contribution in [0, 0.1) is 18.7 Å². The molecule has 2 aromatic rings. The van der Waals surface area contributed by atoms with Crippen molar-refractivity contribution in [2.24, 2.45) is 5.92 Å². The third-order valence-corrected chi connectivity index (χ3v) is 5.34. The molecule has 1 aromatic carbocycles. The van der Waals surface area contributed by atoms with Gasteiger partial charge in [-0.1, -0.05) is 6.92 Å². The molecule has 0 aliphatic heterocycles. The zero-order valence-corrected chi connectivity index (χ0v) is 16.9. The van der Waals surface area contributed by atoms with Crippen LogP contribution in [0.25, 0.3) is 11.5 Å². The Labute approximate surface area is 170 Å². The van der Waals surface area contributed by atoms with Crippen molar-refractivity contribution in [1.82, 2.24) is 4.98 Å². The van der Waals surface area contributed by atoms with Crippen LogP contribution in [-0.2, 0) is 20.9 Å². The number of carbonyl (C=O) groups is 1. The Morgan fingerprint density at radius 2 is 1.97 bits per heavy atom. The van der Waals surface area contributed by atoms with Crippen LogP contribution in [0.15, 0.2) is 28.7 Å². The fourth-order valence-corrected chi connectivity index (χ4v) is 3.41. The first-order chi connectivity index (χ1) is 13.9. The van der Waals surface area contributed by atoms with Crippen LogP contribution in [0.5, 0.6) is 0 Å². The van der Waals surface area contributed by atoms with Gasteiger partial charge in [-0.2, -0.15) is 0 Å². The van der Waals surface area contributed by atoms with E-state index >= 15 is 0 Å². The van der Waals surface area contributed by atoms with Crippen LogP contribution in [0.1, 0.15) is 50.5 Å². The number of ether oxygens (including phenoxy) is 2. The highest BCUT2D eigenvalue weighted by Gasteiger charge is 2.24. The van der Waals surface area contributed by atoms with E-state index in [2.05, 4.69) is 4.98 Å². The van der Waals surface area contributed by atoms with Crippen LogP contribution in [0.4, 0.5) is 4.39 Å². The molecule has 1 fully saturated rings. The first-order valence-corrected chi connectivity index (χ1v) is 10.1. The van der Waals surface area contributed by atoms with Crippen molar-refractivity contribution in [3.8, 4) is 11.5 Å². The second kappa shape index (κ2) is 9.98. The lowest BCUT2D eigenvalue weighted by atomic mass is 9.94. The van der Waals surface area contributed by atoms with E-state index in [4.69, 9.17) is 19.0 Å². The topological polar surface area (TPSA) is 81.8 Å². The molecule has 0 bridgehead atoms. The van der Waals surface area contributed by atoms with Crippen molar-refractivity contribution in [2.45, 2.75) is 64.8 Å². The van der Waals surface area contributed by atoms with Gasteiger partial charge in [-0.25, -0.2) is 9.37 Å². The van der Waals surface area contributed by atoms with E-state index in [1.165, 1.54) is 12.1 Å². The summed E-state index contributed by atoms with van der Waals surface area (Å²) in [6, 6.07) is 6.04. The number of halogens is 1. The Hall–Kier alpha value is -2.25. The summed E-state index contributed by atoms with van der Waals surface area (Å²) < 4.78 is 30.7. The highest BCUT2D eigenvalue weighted by Crippen LogP contribution is 2.27. The maximum Gasteiger partial charge on any atom is 0.306 e. The van der Waals surface area contributed by atoms with Crippen molar-refractivity contribution in [3.63, 3.8) is 0 Å². The van der Waals surface area contributed by atoms with Crippen molar-refractivity contribution in [2.75, 3.05) is 6.61 Å². The maximum absolute atomic E-state index is 13.1. The molecule has 1 aliphatic rings. The van der Waals surface area contributed by atoms with E-state index in [1.807, 2.05) is 6.92 Å². The standard InChI is InChI=1S/C22H28FNO5/c1-14(22(25)26)10-11-27-18-4-3-5-19(12-18)28-13-20-15(2)29-21(24-20)16-6-8-17(23)9-7-16/h6-9,14,18-19H,3-5,10-13H2,1-2H3,(H,25,26). The molecule has 158 valence electrons. The average Bonchev–Trinajstić information content (AvgIpc) is 3.07. The predicted octanol–water partition coefficient (Wildman–Crippen LogP) is 4.74. The monoisotopic (exact) mass is 405 g/mol. The molecule has 29 heavy (non-hydrogen) atoms. The SMILES string of the molecule is Cc1oc(-c2ccc(F)cc2)nc1COC1CCCC(OCCC(C)C(=O)O)C1. The van der Waals surface area contributed by atoms with Gasteiger partial charge in [0.05, 0.1) is 24.7 Å². The Morgan fingerprint density at radius 3 is 2.66 bits per heavy atom. The molecular formula is C22H28FNO5. The lowest BCUT2D eigenvalue weighted by Gasteiger charge is -2.29. The van der Waals surface area contributed by atoms with Gasteiger partial charge >= 0.3 is 5.97 Å². The summed E-state index contributed by atoms with van der Waals surface area (Å²) in [5.74, 6) is -0.335. The highest BCUT2D eigenvalue weighted by atomic mass is 19.1. The number of benzene rings is 1. The molecule has 3 atom stereocenters. The van der Waals surface area contributed by atoms with Crippen LogP contribution >= 0.6 is 0 Å². The molecule has 1 aromatic heterocycles. The van der Waals surface area contributed by atoms with Crippen molar-refractivity contribution in [3.05, 3.63) is 41.5 Å². The highest BCUT2D eigenvalue weighted by molar-refractivity contribution is 5.69. The fourth-order valence-electron chi connectivity index (χ4n) is 3.41. The molecule has 7 heteroatoms. The quantitative estimate of drug-likeness (QED) is 0.649. The lowest BCUT2D eigenvalue weighted by Crippen LogP contribution is -2.29. The second-order valence-electron chi connectivity index (χ2n) is 7.65. The number of hydrogen-bond donors (Lipinski definition) is 1. The number of carboxylic acid groups (broad SMARTS) is 1. The molecular weight excluding hydrogens is 377 g/mol. The summed E-state index contributed by atoms with van der Waals surface area (Å²) in [5.41, 5.74) is 1.46. The number of nitrogens with zero attached hydrogens (tertiary/aromatic N) is 1. The van der Waals surface area contributed by atoms with E-state index in [0.29, 0.717) is 31.3 Å². The minimum Gasteiger partial charge on any atom is -0.481 e. The molecule has 1 aliphatic carbocycles. The van der Waals surface area contributed by atoms with Crippen molar-refractivity contribution >= 4 is 5.97 Å². The Balaban J connectivity index is 1.48. The second-order valence-corrected chi connectivity index (χ2v) is 7.65. The minimum atomic E-state index is -0.790. The van der Waals surface area contributed by atoms with Gasteiger partial charge < -0.3 is 19.0 Å². The number of aliphatic carboxylic acids is 1. The number of aryl methyl sites for hydroxylation is 1. The molecule has 3 rings (SSSR count). The van der Waals surface area contributed by atoms with E-state index in [-0.39, 0.29) is 18.0 Å². The van der Waals surface area contributed by atoms with E-state index < -0.39 is 11.9 Å². The molecule has 3 unspecified atom stereocenters. The number of carboxylic acids is 1. The Bertz CT molecular complexity index is 804. The smallest absolute Gasteiger partial charge is 0.306 e. The Kier molecular flexibility index (Phi) is 7.39. The molecule has 1 heterocycles. The van der Waals surface area contributed by atoms with Gasteiger partial charge in [-0.05, 0) is 63.3 Å². The number of oxazole rings is 1. The average molecular weight is 405 g/mol. The van der Waals surface area contributed by atoms with Gasteiger partial charge in [0.1, 0.15) is 17.3 Å². The summed E-state index contributed by atoms with van der Waals surface area (Å²) >= 11 is 0. The number of aromatic nitrogens is 1. The van der Waals surface area contributed by atoms with Gasteiger partial charge in [-0.15, -0.1) is 0 Å². The largest absolute Gasteiger partial charge is 0.481 e. The van der Waals surface area contributed by atoms with Gasteiger partial charge in [0.15, 0.2) is 0 Å². The van der Waals surface area contributed by atoms with E-state index in [1.54, 1.807) is 19.1 Å². The first-order valence-electron chi connectivity index (χ1n) is 10.1. The zero-order chi connectivity index (χ0) is 20.8. The molecule has 0 spiro atoms. The summed E-state index contributed by atoms with van der Waals surface area (Å²) in [5, 5.41) is 8.94.